The fourth-order valence-electron chi connectivity index (χ4n) is 2.27. The van der Waals surface area contributed by atoms with E-state index in [1.165, 1.54) is 11.8 Å². The Hall–Kier alpha value is -1.41. The lowest BCUT2D eigenvalue weighted by Gasteiger charge is -2.21. The Kier molecular flexibility index (Phi) is 5.01. The smallest absolute Gasteiger partial charge is 0.235 e. The molecule has 0 N–H and O–H groups in total. The van der Waals surface area contributed by atoms with Crippen molar-refractivity contribution < 1.29 is 4.79 Å². The van der Waals surface area contributed by atoms with E-state index in [2.05, 4.69) is 31.5 Å². The summed E-state index contributed by atoms with van der Waals surface area (Å²) in [6.07, 6.45) is 2.23. The van der Waals surface area contributed by atoms with Crippen molar-refractivity contribution in [1.29, 1.82) is 0 Å². The summed E-state index contributed by atoms with van der Waals surface area (Å²) in [5, 5.41) is 12.3. The molecule has 0 radical (unpaired) electrons. The zero-order valence-electron chi connectivity index (χ0n) is 13.0. The van der Waals surface area contributed by atoms with Gasteiger partial charge in [0, 0.05) is 18.1 Å². The summed E-state index contributed by atoms with van der Waals surface area (Å²) in [4.78, 5) is 14.3. The molecule has 3 rings (SSSR count). The summed E-state index contributed by atoms with van der Waals surface area (Å²) >= 11 is 4.84. The number of hydrogen-bond donors (Lipinski definition) is 0. The Balaban J connectivity index is 1.59. The summed E-state index contributed by atoms with van der Waals surface area (Å²) in [7, 11) is 1.82. The van der Waals surface area contributed by atoms with Crippen molar-refractivity contribution in [3.8, 4) is 0 Å². The Morgan fingerprint density at radius 1 is 1.43 bits per heavy atom. The third-order valence-corrected chi connectivity index (χ3v) is 5.26. The number of thioether (sulfide) groups is 1. The molecular formula is C15H18BrN5OS. The summed E-state index contributed by atoms with van der Waals surface area (Å²) in [5.41, 5.74) is 1.10. The van der Waals surface area contributed by atoms with Crippen LogP contribution in [0, 0.1) is 0 Å². The Morgan fingerprint density at radius 3 is 2.78 bits per heavy atom. The van der Waals surface area contributed by atoms with Crippen molar-refractivity contribution in [1.82, 2.24) is 25.1 Å². The number of rotatable bonds is 6. The minimum absolute atomic E-state index is 0.0725. The molecular weight excluding hydrogens is 378 g/mol. The second-order valence-electron chi connectivity index (χ2n) is 5.72. The molecule has 1 aliphatic rings. The highest BCUT2D eigenvalue weighted by molar-refractivity contribution is 9.10. The van der Waals surface area contributed by atoms with Gasteiger partial charge in [0.2, 0.25) is 11.1 Å². The number of benzene rings is 1. The number of hydrogen-bond acceptors (Lipinski definition) is 5. The molecule has 1 aromatic carbocycles. The van der Waals surface area contributed by atoms with Crippen molar-refractivity contribution in [2.75, 3.05) is 7.05 Å². The number of tetrazole rings is 1. The third-order valence-electron chi connectivity index (χ3n) is 3.69. The van der Waals surface area contributed by atoms with E-state index in [0.717, 1.165) is 28.0 Å². The van der Waals surface area contributed by atoms with Gasteiger partial charge in [0.15, 0.2) is 0 Å². The van der Waals surface area contributed by atoms with Crippen LogP contribution in [0.4, 0.5) is 0 Å². The minimum atomic E-state index is -0.223. The summed E-state index contributed by atoms with van der Waals surface area (Å²) in [6.45, 7) is 2.49. The molecule has 1 fully saturated rings. The van der Waals surface area contributed by atoms with Crippen molar-refractivity contribution in [3.63, 3.8) is 0 Å². The summed E-state index contributed by atoms with van der Waals surface area (Å²) in [6, 6.07) is 8.40. The molecule has 23 heavy (non-hydrogen) atoms. The number of amides is 1. The van der Waals surface area contributed by atoms with Crippen LogP contribution >= 0.6 is 27.7 Å². The molecule has 0 saturated heterocycles. The average Bonchev–Trinajstić information content (AvgIpc) is 3.28. The van der Waals surface area contributed by atoms with E-state index in [-0.39, 0.29) is 11.2 Å². The second kappa shape index (κ2) is 7.00. The van der Waals surface area contributed by atoms with Crippen LogP contribution in [0.2, 0.25) is 0 Å². The number of halogens is 1. The average molecular weight is 396 g/mol. The Labute approximate surface area is 147 Å². The lowest BCUT2D eigenvalue weighted by Crippen LogP contribution is -2.33. The van der Waals surface area contributed by atoms with Crippen LogP contribution in [-0.4, -0.2) is 43.3 Å². The van der Waals surface area contributed by atoms with Gasteiger partial charge in [0.05, 0.1) is 11.3 Å². The second-order valence-corrected chi connectivity index (χ2v) is 7.94. The van der Waals surface area contributed by atoms with E-state index in [1.54, 1.807) is 4.90 Å². The molecule has 0 bridgehead atoms. The van der Waals surface area contributed by atoms with Gasteiger partial charge in [-0.3, -0.25) is 4.79 Å². The SMILES string of the molecule is CC(Sc1nnnn1C1CC1)C(=O)N(C)Cc1ccc(Br)cc1. The molecule has 8 heteroatoms. The highest BCUT2D eigenvalue weighted by Gasteiger charge is 2.30. The fraction of sp³-hybridized carbons (Fsp3) is 0.467. The first-order chi connectivity index (χ1) is 11.0. The van der Waals surface area contributed by atoms with Crippen molar-refractivity contribution >= 4 is 33.6 Å². The highest BCUT2D eigenvalue weighted by atomic mass is 79.9. The monoisotopic (exact) mass is 395 g/mol. The van der Waals surface area contributed by atoms with E-state index in [1.807, 2.05) is 42.9 Å². The van der Waals surface area contributed by atoms with Crippen LogP contribution in [0.5, 0.6) is 0 Å². The molecule has 1 amide bonds. The number of carbonyl (C=O) groups is 1. The minimum Gasteiger partial charge on any atom is -0.340 e. The van der Waals surface area contributed by atoms with Gasteiger partial charge in [0.1, 0.15) is 0 Å². The van der Waals surface area contributed by atoms with E-state index in [9.17, 15) is 4.79 Å². The number of carbonyl (C=O) groups excluding carboxylic acids is 1. The lowest BCUT2D eigenvalue weighted by molar-refractivity contribution is -0.129. The van der Waals surface area contributed by atoms with Gasteiger partial charge in [0.25, 0.3) is 0 Å². The molecule has 1 heterocycles. The van der Waals surface area contributed by atoms with Crippen LogP contribution < -0.4 is 0 Å². The van der Waals surface area contributed by atoms with E-state index >= 15 is 0 Å². The first-order valence-corrected chi connectivity index (χ1v) is 9.16. The zero-order valence-corrected chi connectivity index (χ0v) is 15.4. The maximum absolute atomic E-state index is 12.6. The number of aromatic nitrogens is 4. The maximum atomic E-state index is 12.6. The van der Waals surface area contributed by atoms with Crippen molar-refractivity contribution in [3.05, 3.63) is 34.3 Å². The van der Waals surface area contributed by atoms with Crippen LogP contribution in [-0.2, 0) is 11.3 Å². The van der Waals surface area contributed by atoms with Gasteiger partial charge in [-0.05, 0) is 47.9 Å². The Bertz CT molecular complexity index is 685. The predicted octanol–water partition coefficient (Wildman–Crippen LogP) is 2.91. The van der Waals surface area contributed by atoms with E-state index in [0.29, 0.717) is 12.6 Å². The normalized spacial score (nSPS) is 15.4. The standard InChI is InChI=1S/C15H18BrN5OS/c1-10(23-15-17-18-19-21(15)13-7-8-13)14(22)20(2)9-11-3-5-12(16)6-4-11/h3-6,10,13H,7-9H2,1-2H3. The largest absolute Gasteiger partial charge is 0.340 e. The molecule has 1 aromatic heterocycles. The number of nitrogens with zero attached hydrogens (tertiary/aromatic N) is 5. The predicted molar refractivity (Wildman–Crippen MR) is 92.0 cm³/mol. The van der Waals surface area contributed by atoms with Gasteiger partial charge in [-0.2, -0.15) is 0 Å². The molecule has 1 aliphatic carbocycles. The van der Waals surface area contributed by atoms with Gasteiger partial charge in [-0.15, -0.1) is 5.10 Å². The maximum Gasteiger partial charge on any atom is 0.235 e. The van der Waals surface area contributed by atoms with Crippen molar-refractivity contribution in [2.24, 2.45) is 0 Å². The lowest BCUT2D eigenvalue weighted by atomic mass is 10.2. The van der Waals surface area contributed by atoms with Gasteiger partial charge in [-0.25, -0.2) is 4.68 Å². The van der Waals surface area contributed by atoms with E-state index < -0.39 is 0 Å². The van der Waals surface area contributed by atoms with Crippen LogP contribution in [0.15, 0.2) is 33.9 Å². The third kappa shape index (κ3) is 4.11. The molecule has 122 valence electrons. The Morgan fingerprint density at radius 2 is 2.13 bits per heavy atom. The van der Waals surface area contributed by atoms with Crippen LogP contribution in [0.25, 0.3) is 0 Å². The van der Waals surface area contributed by atoms with Crippen LogP contribution in [0.1, 0.15) is 31.4 Å². The van der Waals surface area contributed by atoms with Gasteiger partial charge in [-0.1, -0.05) is 39.8 Å². The fourth-order valence-corrected chi connectivity index (χ4v) is 3.51. The summed E-state index contributed by atoms with van der Waals surface area (Å²) in [5.74, 6) is 0.0725. The van der Waals surface area contributed by atoms with Crippen molar-refractivity contribution in [2.45, 2.75) is 42.8 Å². The summed E-state index contributed by atoms with van der Waals surface area (Å²) < 4.78 is 2.87. The highest BCUT2D eigenvalue weighted by Crippen LogP contribution is 2.37. The quantitative estimate of drug-likeness (QED) is 0.703. The molecule has 1 saturated carbocycles. The zero-order chi connectivity index (χ0) is 16.4. The topological polar surface area (TPSA) is 63.9 Å². The van der Waals surface area contributed by atoms with Crippen LogP contribution in [0.3, 0.4) is 0 Å². The molecule has 1 unspecified atom stereocenters. The molecule has 1 atom stereocenters. The van der Waals surface area contributed by atoms with E-state index in [4.69, 9.17) is 0 Å². The molecule has 2 aromatic rings. The molecule has 0 aliphatic heterocycles. The first-order valence-electron chi connectivity index (χ1n) is 7.48. The van der Waals surface area contributed by atoms with Gasteiger partial charge < -0.3 is 4.90 Å². The first kappa shape index (κ1) is 16.4. The molecule has 0 spiro atoms. The molecule has 6 nitrogen and oxygen atoms in total. The van der Waals surface area contributed by atoms with Gasteiger partial charge >= 0.3 is 0 Å².